The number of anilines is 1. The lowest BCUT2D eigenvalue weighted by atomic mass is 10.1. The van der Waals surface area contributed by atoms with E-state index in [1.54, 1.807) is 31.2 Å². The van der Waals surface area contributed by atoms with Crippen LogP contribution in [0.4, 0.5) is 5.69 Å². The Balaban J connectivity index is 1.78. The molecular formula is C26H32N2O6S. The quantitative estimate of drug-likeness (QED) is 0.363. The van der Waals surface area contributed by atoms with Crippen molar-refractivity contribution < 1.29 is 28.5 Å². The molecule has 0 fully saturated rings. The number of thioether (sulfide) groups is 1. The second-order valence-electron chi connectivity index (χ2n) is 7.55. The minimum atomic E-state index is -0.500. The zero-order valence-electron chi connectivity index (χ0n) is 20.8. The van der Waals surface area contributed by atoms with Crippen LogP contribution in [0.2, 0.25) is 0 Å². The Kier molecular flexibility index (Phi) is 9.59. The zero-order valence-corrected chi connectivity index (χ0v) is 21.6. The molecule has 35 heavy (non-hydrogen) atoms. The normalized spacial score (nSPS) is 14.3. The first-order chi connectivity index (χ1) is 16.9. The van der Waals surface area contributed by atoms with Gasteiger partial charge in [-0.2, -0.15) is 0 Å². The molecule has 1 N–H and O–H groups in total. The van der Waals surface area contributed by atoms with Crippen LogP contribution in [0.5, 0.6) is 11.5 Å². The highest BCUT2D eigenvalue weighted by Gasteiger charge is 2.27. The first kappa shape index (κ1) is 26.6. The van der Waals surface area contributed by atoms with Gasteiger partial charge in [-0.15, -0.1) is 0 Å². The third-order valence-electron chi connectivity index (χ3n) is 5.24. The summed E-state index contributed by atoms with van der Waals surface area (Å²) in [5.74, 6) is 0.850. The van der Waals surface area contributed by atoms with E-state index in [2.05, 4.69) is 5.32 Å². The van der Waals surface area contributed by atoms with Crippen LogP contribution in [0, 0.1) is 0 Å². The van der Waals surface area contributed by atoms with E-state index in [1.165, 1.54) is 11.8 Å². The molecule has 2 aromatic rings. The predicted octanol–water partition coefficient (Wildman–Crippen LogP) is 4.33. The molecule has 0 bridgehead atoms. The summed E-state index contributed by atoms with van der Waals surface area (Å²) in [4.78, 5) is 28.8. The fourth-order valence-corrected chi connectivity index (χ4v) is 4.64. The summed E-state index contributed by atoms with van der Waals surface area (Å²) in [7, 11) is 3.29. The molecule has 1 heterocycles. The predicted molar refractivity (Wildman–Crippen MR) is 137 cm³/mol. The number of likely N-dealkylation sites (N-methyl/N-ethyl adjacent to an activating group) is 1. The van der Waals surface area contributed by atoms with Crippen LogP contribution in [0.15, 0.2) is 46.2 Å². The van der Waals surface area contributed by atoms with Gasteiger partial charge >= 0.3 is 0 Å². The van der Waals surface area contributed by atoms with Gasteiger partial charge in [0.15, 0.2) is 17.8 Å². The zero-order chi connectivity index (χ0) is 25.4. The molecule has 8 nitrogen and oxygen atoms in total. The topological polar surface area (TPSA) is 86.3 Å². The van der Waals surface area contributed by atoms with Crippen molar-refractivity contribution in [2.24, 2.45) is 0 Å². The van der Waals surface area contributed by atoms with Crippen molar-refractivity contribution in [3.8, 4) is 11.5 Å². The second kappa shape index (κ2) is 12.6. The van der Waals surface area contributed by atoms with Gasteiger partial charge in [0.2, 0.25) is 0 Å². The van der Waals surface area contributed by atoms with Gasteiger partial charge in [-0.25, -0.2) is 0 Å². The van der Waals surface area contributed by atoms with E-state index in [0.29, 0.717) is 47.5 Å². The molecule has 0 unspecified atom stereocenters. The second-order valence-corrected chi connectivity index (χ2v) is 8.63. The maximum Gasteiger partial charge on any atom is 0.264 e. The third kappa shape index (κ3) is 6.56. The van der Waals surface area contributed by atoms with Crippen LogP contribution in [0.3, 0.4) is 0 Å². The van der Waals surface area contributed by atoms with Gasteiger partial charge in [-0.1, -0.05) is 17.8 Å². The van der Waals surface area contributed by atoms with Crippen LogP contribution in [0.1, 0.15) is 36.7 Å². The lowest BCUT2D eigenvalue weighted by molar-refractivity contribution is -0.131. The minimum Gasteiger partial charge on any atom is -0.493 e. The first-order valence-corrected chi connectivity index (χ1v) is 12.4. The number of methoxy groups -OCH3 is 1. The molecule has 2 aromatic carbocycles. The summed E-state index contributed by atoms with van der Waals surface area (Å²) < 4.78 is 21.9. The number of rotatable bonds is 11. The molecule has 1 aliphatic heterocycles. The number of ether oxygens (including phenoxy) is 4. The summed E-state index contributed by atoms with van der Waals surface area (Å²) in [5.41, 5.74) is 1.96. The summed E-state index contributed by atoms with van der Waals surface area (Å²) in [5, 5.41) is 2.83. The molecule has 2 amide bonds. The van der Waals surface area contributed by atoms with Gasteiger partial charge in [0, 0.05) is 30.7 Å². The van der Waals surface area contributed by atoms with Crippen molar-refractivity contribution in [1.82, 2.24) is 5.32 Å². The molecule has 1 aliphatic rings. The smallest absolute Gasteiger partial charge is 0.264 e. The van der Waals surface area contributed by atoms with Crippen LogP contribution < -0.4 is 19.7 Å². The third-order valence-corrected chi connectivity index (χ3v) is 6.32. The lowest BCUT2D eigenvalue weighted by Crippen LogP contribution is -2.35. The Morgan fingerprint density at radius 1 is 1.06 bits per heavy atom. The van der Waals surface area contributed by atoms with E-state index >= 15 is 0 Å². The number of hydrogen-bond acceptors (Lipinski definition) is 7. The van der Waals surface area contributed by atoms with Gasteiger partial charge in [-0.05, 0) is 62.7 Å². The van der Waals surface area contributed by atoms with E-state index in [4.69, 9.17) is 18.9 Å². The lowest BCUT2D eigenvalue weighted by Gasteiger charge is -2.27. The fourth-order valence-electron chi connectivity index (χ4n) is 3.55. The van der Waals surface area contributed by atoms with E-state index in [-0.39, 0.29) is 18.4 Å². The van der Waals surface area contributed by atoms with Gasteiger partial charge in [0.1, 0.15) is 0 Å². The highest BCUT2D eigenvalue weighted by molar-refractivity contribution is 8.04. The largest absolute Gasteiger partial charge is 0.493 e. The maximum atomic E-state index is 13.1. The molecule has 9 heteroatoms. The average molecular weight is 501 g/mol. The number of nitrogens with zero attached hydrogens (tertiary/aromatic N) is 1. The molecular weight excluding hydrogens is 468 g/mol. The van der Waals surface area contributed by atoms with Gasteiger partial charge in [0.05, 0.1) is 30.9 Å². The minimum absolute atomic E-state index is 0.152. The van der Waals surface area contributed by atoms with Crippen molar-refractivity contribution in [3.63, 3.8) is 0 Å². The number of amides is 2. The van der Waals surface area contributed by atoms with Crippen LogP contribution in [-0.4, -0.2) is 58.6 Å². The van der Waals surface area contributed by atoms with Gasteiger partial charge < -0.3 is 29.2 Å². The Morgan fingerprint density at radius 2 is 1.80 bits per heavy atom. The van der Waals surface area contributed by atoms with Crippen molar-refractivity contribution >= 4 is 35.3 Å². The first-order valence-electron chi connectivity index (χ1n) is 11.6. The number of hydrogen-bond donors (Lipinski definition) is 1. The van der Waals surface area contributed by atoms with Crippen molar-refractivity contribution in [3.05, 3.63) is 52.4 Å². The number of fused-ring (bicyclic) bond motifs is 1. The van der Waals surface area contributed by atoms with Crippen LogP contribution >= 0.6 is 11.8 Å². The summed E-state index contributed by atoms with van der Waals surface area (Å²) in [6.07, 6.45) is 1.33. The van der Waals surface area contributed by atoms with Gasteiger partial charge in [0.25, 0.3) is 11.8 Å². The Morgan fingerprint density at radius 3 is 2.46 bits per heavy atom. The molecule has 0 saturated carbocycles. The number of carbonyl (C=O) groups excluding carboxylic acids is 2. The van der Waals surface area contributed by atoms with Crippen LogP contribution in [-0.2, 0) is 14.3 Å². The summed E-state index contributed by atoms with van der Waals surface area (Å²) in [6.45, 7) is 7.40. The fraction of sp³-hybridized carbons (Fsp3) is 0.385. The summed E-state index contributed by atoms with van der Waals surface area (Å²) in [6, 6.07) is 10.9. The molecule has 3 rings (SSSR count). The molecule has 0 aliphatic carbocycles. The maximum absolute atomic E-state index is 13.1. The Labute approximate surface area is 210 Å². The number of nitrogens with one attached hydrogen (secondary N) is 1. The average Bonchev–Trinajstić information content (AvgIpc) is 2.86. The van der Waals surface area contributed by atoms with E-state index in [0.717, 1.165) is 10.5 Å². The molecule has 0 spiro atoms. The molecule has 0 radical (unpaired) electrons. The highest BCUT2D eigenvalue weighted by atomic mass is 32.2. The molecule has 0 saturated heterocycles. The van der Waals surface area contributed by atoms with Crippen LogP contribution in [0.25, 0.3) is 6.08 Å². The van der Waals surface area contributed by atoms with E-state index < -0.39 is 6.29 Å². The molecule has 188 valence electrons. The van der Waals surface area contributed by atoms with Gasteiger partial charge in [-0.3, -0.25) is 9.59 Å². The number of benzene rings is 2. The standard InChI is InChI=1S/C26H32N2O6S/c1-6-32-20-11-9-17(13-21(20)31-5)14-23-26(30)28(4)19-15-18(10-12-22(19)35-23)25(29)27-16-24(33-7-2)34-8-3/h9-15,24H,6-8,16H2,1-5H3,(H,27,29). The Hall–Kier alpha value is -3.01. The van der Waals surface area contributed by atoms with E-state index in [9.17, 15) is 9.59 Å². The molecule has 0 atom stereocenters. The van der Waals surface area contributed by atoms with E-state index in [1.807, 2.05) is 51.1 Å². The Bertz CT molecular complexity index is 1080. The van der Waals surface area contributed by atoms with Crippen molar-refractivity contribution in [1.29, 1.82) is 0 Å². The SMILES string of the molecule is CCOc1ccc(C=C2Sc3ccc(C(=O)NCC(OCC)OCC)cc3N(C)C2=O)cc1OC. The monoisotopic (exact) mass is 500 g/mol. The highest BCUT2D eigenvalue weighted by Crippen LogP contribution is 2.42. The number of carbonyl (C=O) groups is 2. The summed E-state index contributed by atoms with van der Waals surface area (Å²) >= 11 is 1.37. The van der Waals surface area contributed by atoms with Crippen molar-refractivity contribution in [2.45, 2.75) is 32.0 Å². The van der Waals surface area contributed by atoms with Crippen molar-refractivity contribution in [2.75, 3.05) is 45.4 Å². The molecule has 0 aromatic heterocycles.